The first-order valence-corrected chi connectivity index (χ1v) is 9.41. The molecule has 6 nitrogen and oxygen atoms in total. The molecule has 0 aliphatic rings. The maximum absolute atomic E-state index is 12.7. The van der Waals surface area contributed by atoms with E-state index in [1.165, 1.54) is 6.26 Å². The molecule has 0 unspecified atom stereocenters. The van der Waals surface area contributed by atoms with E-state index >= 15 is 0 Å². The first-order valence-electron chi connectivity index (χ1n) is 9.41. The SMILES string of the molecule is Cc1ccc(C(=O)NC[C@H](c2ccccc2)N(C)C)cc1NC(=O)c1ccco1. The third kappa shape index (κ3) is 5.12. The fourth-order valence-electron chi connectivity index (χ4n) is 3.05. The molecule has 29 heavy (non-hydrogen) atoms. The van der Waals surface area contributed by atoms with Crippen LogP contribution < -0.4 is 10.6 Å². The van der Waals surface area contributed by atoms with Crippen molar-refractivity contribution in [3.8, 4) is 0 Å². The van der Waals surface area contributed by atoms with Gasteiger partial charge in [-0.2, -0.15) is 0 Å². The molecule has 1 aromatic heterocycles. The molecule has 1 heterocycles. The van der Waals surface area contributed by atoms with Gasteiger partial charge in [0.2, 0.25) is 0 Å². The number of likely N-dealkylation sites (N-methyl/N-ethyl adjacent to an activating group) is 1. The van der Waals surface area contributed by atoms with Crippen molar-refractivity contribution < 1.29 is 14.0 Å². The summed E-state index contributed by atoms with van der Waals surface area (Å²) in [5.74, 6) is -0.329. The molecule has 0 saturated carbocycles. The van der Waals surface area contributed by atoms with Gasteiger partial charge in [0.1, 0.15) is 0 Å². The molecule has 2 aromatic carbocycles. The largest absolute Gasteiger partial charge is 0.459 e. The van der Waals surface area contributed by atoms with Gasteiger partial charge in [0.15, 0.2) is 5.76 Å². The van der Waals surface area contributed by atoms with Gasteiger partial charge >= 0.3 is 0 Å². The van der Waals surface area contributed by atoms with Gasteiger partial charge in [0.05, 0.1) is 12.3 Å². The Morgan fingerprint density at radius 1 is 1.00 bits per heavy atom. The normalized spacial score (nSPS) is 11.9. The second-order valence-electron chi connectivity index (χ2n) is 7.06. The zero-order valence-electron chi connectivity index (χ0n) is 16.8. The summed E-state index contributed by atoms with van der Waals surface area (Å²) in [6.07, 6.45) is 1.44. The van der Waals surface area contributed by atoms with Gasteiger partial charge < -0.3 is 20.0 Å². The third-order valence-corrected chi connectivity index (χ3v) is 4.76. The summed E-state index contributed by atoms with van der Waals surface area (Å²) in [6.45, 7) is 2.34. The predicted molar refractivity (Wildman–Crippen MR) is 113 cm³/mol. The molecule has 1 atom stereocenters. The van der Waals surface area contributed by atoms with Crippen LogP contribution >= 0.6 is 0 Å². The predicted octanol–water partition coefficient (Wildman–Crippen LogP) is 3.87. The maximum Gasteiger partial charge on any atom is 0.291 e. The quantitative estimate of drug-likeness (QED) is 0.641. The second-order valence-corrected chi connectivity index (χ2v) is 7.06. The average Bonchev–Trinajstić information content (AvgIpc) is 3.25. The van der Waals surface area contributed by atoms with Crippen LogP contribution in [-0.2, 0) is 0 Å². The number of hydrogen-bond acceptors (Lipinski definition) is 4. The van der Waals surface area contributed by atoms with Crippen LogP contribution in [0.1, 0.15) is 38.1 Å². The summed E-state index contributed by atoms with van der Waals surface area (Å²) in [6, 6.07) is 18.6. The molecule has 2 N–H and O–H groups in total. The highest BCUT2D eigenvalue weighted by molar-refractivity contribution is 6.03. The van der Waals surface area contributed by atoms with E-state index < -0.39 is 0 Å². The summed E-state index contributed by atoms with van der Waals surface area (Å²) < 4.78 is 5.12. The van der Waals surface area contributed by atoms with Crippen molar-refractivity contribution in [1.29, 1.82) is 0 Å². The molecule has 150 valence electrons. The van der Waals surface area contributed by atoms with Crippen molar-refractivity contribution in [1.82, 2.24) is 10.2 Å². The summed E-state index contributed by atoms with van der Waals surface area (Å²) in [4.78, 5) is 27.0. The number of hydrogen-bond donors (Lipinski definition) is 2. The van der Waals surface area contributed by atoms with Crippen molar-refractivity contribution in [2.24, 2.45) is 0 Å². The first-order chi connectivity index (χ1) is 14.0. The standard InChI is InChI=1S/C23H25N3O3/c1-16-11-12-18(14-19(16)25-23(28)21-10-7-13-29-21)22(27)24-15-20(26(2)3)17-8-5-4-6-9-17/h4-14,20H,15H2,1-3H3,(H,24,27)(H,25,28)/t20-/m1/s1. The van der Waals surface area contributed by atoms with Gasteiger partial charge in [-0.05, 0) is 56.4 Å². The summed E-state index contributed by atoms with van der Waals surface area (Å²) in [7, 11) is 3.97. The molecule has 0 aliphatic heterocycles. The molecular formula is C23H25N3O3. The lowest BCUT2D eigenvalue weighted by atomic mass is 10.1. The number of nitrogens with one attached hydrogen (secondary N) is 2. The minimum Gasteiger partial charge on any atom is -0.459 e. The highest BCUT2D eigenvalue weighted by atomic mass is 16.3. The summed E-state index contributed by atoms with van der Waals surface area (Å²) >= 11 is 0. The zero-order chi connectivity index (χ0) is 20.8. The van der Waals surface area contributed by atoms with E-state index in [0.717, 1.165) is 11.1 Å². The molecule has 0 spiro atoms. The maximum atomic E-state index is 12.7. The van der Waals surface area contributed by atoms with E-state index in [1.54, 1.807) is 24.3 Å². The number of anilines is 1. The lowest BCUT2D eigenvalue weighted by Crippen LogP contribution is -2.34. The highest BCUT2D eigenvalue weighted by Gasteiger charge is 2.17. The molecule has 6 heteroatoms. The Labute approximate surface area is 170 Å². The lowest BCUT2D eigenvalue weighted by molar-refractivity contribution is 0.0940. The minimum atomic E-state index is -0.354. The van der Waals surface area contributed by atoms with Crippen LogP contribution in [0.25, 0.3) is 0 Å². The van der Waals surface area contributed by atoms with Gasteiger partial charge in [-0.25, -0.2) is 0 Å². The van der Waals surface area contributed by atoms with E-state index in [-0.39, 0.29) is 23.6 Å². The minimum absolute atomic E-state index is 0.0590. The lowest BCUT2D eigenvalue weighted by Gasteiger charge is -2.25. The van der Waals surface area contributed by atoms with Gasteiger partial charge in [-0.1, -0.05) is 36.4 Å². The molecule has 0 aliphatic carbocycles. The Morgan fingerprint density at radius 3 is 2.41 bits per heavy atom. The fraction of sp³-hybridized carbons (Fsp3) is 0.217. The molecule has 0 saturated heterocycles. The van der Waals surface area contributed by atoms with E-state index in [4.69, 9.17) is 4.42 Å². The molecule has 2 amide bonds. The topological polar surface area (TPSA) is 74.6 Å². The van der Waals surface area contributed by atoms with Crippen molar-refractivity contribution in [2.45, 2.75) is 13.0 Å². The Hall–Kier alpha value is -3.38. The number of benzene rings is 2. The van der Waals surface area contributed by atoms with Crippen LogP contribution in [0.5, 0.6) is 0 Å². The van der Waals surface area contributed by atoms with Crippen LogP contribution in [0.2, 0.25) is 0 Å². The zero-order valence-corrected chi connectivity index (χ0v) is 16.8. The average molecular weight is 391 g/mol. The Bertz CT molecular complexity index is 966. The number of nitrogens with zero attached hydrogens (tertiary/aromatic N) is 1. The Balaban J connectivity index is 1.70. The molecule has 0 bridgehead atoms. The van der Waals surface area contributed by atoms with E-state index in [0.29, 0.717) is 17.8 Å². The van der Waals surface area contributed by atoms with Gasteiger partial charge in [0, 0.05) is 17.8 Å². The monoisotopic (exact) mass is 391 g/mol. The van der Waals surface area contributed by atoms with E-state index in [9.17, 15) is 9.59 Å². The van der Waals surface area contributed by atoms with Crippen LogP contribution in [0.4, 0.5) is 5.69 Å². The third-order valence-electron chi connectivity index (χ3n) is 4.76. The van der Waals surface area contributed by atoms with Crippen molar-refractivity contribution >= 4 is 17.5 Å². The first kappa shape index (κ1) is 20.4. The Kier molecular flexibility index (Phi) is 6.46. The molecule has 0 fully saturated rings. The van der Waals surface area contributed by atoms with E-state index in [2.05, 4.69) is 15.5 Å². The van der Waals surface area contributed by atoms with Crippen LogP contribution in [0.15, 0.2) is 71.3 Å². The number of furan rings is 1. The molecule has 3 aromatic rings. The summed E-state index contributed by atoms with van der Waals surface area (Å²) in [5, 5.41) is 5.79. The number of amides is 2. The van der Waals surface area contributed by atoms with Crippen LogP contribution in [-0.4, -0.2) is 37.4 Å². The fourth-order valence-corrected chi connectivity index (χ4v) is 3.05. The van der Waals surface area contributed by atoms with Gasteiger partial charge in [-0.15, -0.1) is 0 Å². The van der Waals surface area contributed by atoms with Crippen molar-refractivity contribution in [3.05, 3.63) is 89.4 Å². The van der Waals surface area contributed by atoms with Crippen molar-refractivity contribution in [2.75, 3.05) is 26.0 Å². The smallest absolute Gasteiger partial charge is 0.291 e. The van der Waals surface area contributed by atoms with Gasteiger partial charge in [-0.3, -0.25) is 9.59 Å². The summed E-state index contributed by atoms with van der Waals surface area (Å²) in [5.41, 5.74) is 3.05. The number of carbonyl (C=O) groups excluding carboxylic acids is 2. The Morgan fingerprint density at radius 2 is 1.76 bits per heavy atom. The molecule has 3 rings (SSSR count). The number of carbonyl (C=O) groups is 2. The van der Waals surface area contributed by atoms with Crippen LogP contribution in [0.3, 0.4) is 0 Å². The van der Waals surface area contributed by atoms with E-state index in [1.807, 2.05) is 57.4 Å². The number of rotatable bonds is 7. The van der Waals surface area contributed by atoms with Crippen LogP contribution in [0, 0.1) is 6.92 Å². The van der Waals surface area contributed by atoms with Crippen molar-refractivity contribution in [3.63, 3.8) is 0 Å². The van der Waals surface area contributed by atoms with Gasteiger partial charge in [0.25, 0.3) is 11.8 Å². The number of aryl methyl sites for hydroxylation is 1. The molecule has 0 radical (unpaired) electrons. The molecular weight excluding hydrogens is 366 g/mol. The highest BCUT2D eigenvalue weighted by Crippen LogP contribution is 2.20. The second kappa shape index (κ2) is 9.21.